The third kappa shape index (κ3) is 4.89. The quantitative estimate of drug-likeness (QED) is 0.285. The van der Waals surface area contributed by atoms with Crippen LogP contribution in [0.15, 0.2) is 11.0 Å². The van der Waals surface area contributed by atoms with Crippen LogP contribution in [0.5, 0.6) is 0 Å². The van der Waals surface area contributed by atoms with Gasteiger partial charge in [-0.25, -0.2) is 0 Å². The van der Waals surface area contributed by atoms with E-state index >= 15 is 0 Å². The van der Waals surface area contributed by atoms with Crippen molar-refractivity contribution in [2.45, 2.75) is 13.3 Å². The van der Waals surface area contributed by atoms with Crippen LogP contribution in [-0.4, -0.2) is 18.9 Å². The summed E-state index contributed by atoms with van der Waals surface area (Å²) in [6.07, 6.45) is 1.06. The first-order valence-electron chi connectivity index (χ1n) is 2.78. The van der Waals surface area contributed by atoms with Crippen LogP contribution in [0.4, 0.5) is 0 Å². The number of rotatable bonds is 3. The number of hydrogen-bond donors (Lipinski definition) is 1. The van der Waals surface area contributed by atoms with E-state index in [4.69, 9.17) is 4.55 Å². The molecule has 64 valence electrons. The van der Waals surface area contributed by atoms with Crippen molar-refractivity contribution in [2.75, 3.05) is 0 Å². The van der Waals surface area contributed by atoms with Crippen molar-refractivity contribution in [2.24, 2.45) is 0 Å². The fraction of sp³-hybridized carbons (Fsp3) is 0.400. The summed E-state index contributed by atoms with van der Waals surface area (Å²) in [6, 6.07) is 0. The summed E-state index contributed by atoms with van der Waals surface area (Å²) in [6.45, 7) is 1.54. The van der Waals surface area contributed by atoms with Crippen LogP contribution < -0.4 is 34.7 Å². The number of carbonyl (C=O) groups excluding carboxylic acids is 1. The molecule has 0 aromatic rings. The second-order valence-corrected chi connectivity index (χ2v) is 3.13. The monoisotopic (exact) mass is 202 g/mol. The minimum atomic E-state index is -4.63. The van der Waals surface area contributed by atoms with Gasteiger partial charge in [0.25, 0.3) is 10.1 Å². The van der Waals surface area contributed by atoms with Gasteiger partial charge in [-0.2, -0.15) is 8.42 Å². The van der Waals surface area contributed by atoms with Crippen LogP contribution in [0.2, 0.25) is 0 Å². The van der Waals surface area contributed by atoms with Crippen molar-refractivity contribution in [3.63, 3.8) is 0 Å². The summed E-state index contributed by atoms with van der Waals surface area (Å²) in [7, 11) is -4.63. The van der Waals surface area contributed by atoms with E-state index in [9.17, 15) is 18.3 Å². The van der Waals surface area contributed by atoms with Crippen molar-refractivity contribution in [3.05, 3.63) is 11.0 Å². The van der Waals surface area contributed by atoms with Crippen molar-refractivity contribution < 1.29 is 52.4 Å². The van der Waals surface area contributed by atoms with Crippen LogP contribution >= 0.6 is 0 Å². The van der Waals surface area contributed by atoms with E-state index in [2.05, 4.69) is 0 Å². The van der Waals surface area contributed by atoms with Gasteiger partial charge >= 0.3 is 29.6 Å². The van der Waals surface area contributed by atoms with Crippen LogP contribution in [0.25, 0.3) is 0 Å². The number of hydrogen-bond acceptors (Lipinski definition) is 4. The SMILES string of the molecule is CC/C=C(\C(=O)[O-])S(=O)(=O)O.[Na+]. The fourth-order valence-electron chi connectivity index (χ4n) is 0.479. The maximum absolute atomic E-state index is 10.2. The van der Waals surface area contributed by atoms with E-state index in [-0.39, 0.29) is 36.0 Å². The van der Waals surface area contributed by atoms with Crippen molar-refractivity contribution >= 4 is 16.1 Å². The molecule has 0 bridgehead atoms. The van der Waals surface area contributed by atoms with Crippen LogP contribution in [0, 0.1) is 0 Å². The predicted octanol–water partition coefficient (Wildman–Crippen LogP) is -4.08. The molecule has 5 nitrogen and oxygen atoms in total. The molecule has 0 amide bonds. The molecule has 7 heteroatoms. The van der Waals surface area contributed by atoms with E-state index in [1.54, 1.807) is 0 Å². The number of carboxylic acids is 1. The Labute approximate surface area is 92.5 Å². The van der Waals surface area contributed by atoms with Crippen molar-refractivity contribution in [3.8, 4) is 0 Å². The summed E-state index contributed by atoms with van der Waals surface area (Å²) >= 11 is 0. The van der Waals surface area contributed by atoms with Gasteiger partial charge in [0.1, 0.15) is 4.91 Å². The maximum atomic E-state index is 10.2. The third-order valence-corrected chi connectivity index (χ3v) is 1.76. The smallest absolute Gasteiger partial charge is 0.544 e. The second kappa shape index (κ2) is 5.71. The molecule has 1 N–H and O–H groups in total. The predicted molar refractivity (Wildman–Crippen MR) is 34.9 cm³/mol. The first kappa shape index (κ1) is 14.6. The number of carboxylic acid groups (broad SMARTS) is 1. The molecule has 12 heavy (non-hydrogen) atoms. The molecular weight excluding hydrogens is 195 g/mol. The van der Waals surface area contributed by atoms with Gasteiger partial charge in [0.15, 0.2) is 0 Å². The maximum Gasteiger partial charge on any atom is 1.00 e. The zero-order valence-corrected chi connectivity index (χ0v) is 9.59. The third-order valence-electron chi connectivity index (χ3n) is 0.869. The normalized spacial score (nSPS) is 12.0. The van der Waals surface area contributed by atoms with E-state index in [0.29, 0.717) is 0 Å². The summed E-state index contributed by atoms with van der Waals surface area (Å²) in [5, 5.41) is 10.0. The van der Waals surface area contributed by atoms with Gasteiger partial charge < -0.3 is 9.90 Å². The first-order chi connectivity index (χ1) is 4.89. The van der Waals surface area contributed by atoms with E-state index in [0.717, 1.165) is 6.08 Å². The van der Waals surface area contributed by atoms with Gasteiger partial charge in [-0.05, 0) is 6.42 Å². The van der Waals surface area contributed by atoms with E-state index < -0.39 is 21.0 Å². The number of carbonyl (C=O) groups is 1. The minimum Gasteiger partial charge on any atom is -0.544 e. The van der Waals surface area contributed by atoms with E-state index in [1.165, 1.54) is 6.92 Å². The Morgan fingerprint density at radius 1 is 1.58 bits per heavy atom. The molecule has 0 aliphatic rings. The largest absolute Gasteiger partial charge is 1.00 e. The second-order valence-electron chi connectivity index (χ2n) is 1.74. The molecule has 0 saturated heterocycles. The Morgan fingerprint density at radius 2 is 2.00 bits per heavy atom. The minimum absolute atomic E-state index is 0. The zero-order valence-electron chi connectivity index (χ0n) is 6.77. The van der Waals surface area contributed by atoms with Gasteiger partial charge in [0, 0.05) is 0 Å². The molecule has 0 aliphatic heterocycles. The van der Waals surface area contributed by atoms with Crippen LogP contribution in [-0.2, 0) is 14.9 Å². The van der Waals surface area contributed by atoms with Gasteiger partial charge in [0.2, 0.25) is 0 Å². The van der Waals surface area contributed by atoms with Crippen LogP contribution in [0.1, 0.15) is 13.3 Å². The molecular formula is C5H7NaO5S. The molecule has 0 unspecified atom stereocenters. The Bertz CT molecular complexity index is 278. The molecule has 0 rings (SSSR count). The van der Waals surface area contributed by atoms with E-state index in [1.807, 2.05) is 0 Å². The Kier molecular flexibility index (Phi) is 6.97. The Hall–Kier alpha value is 0.120. The molecule has 0 saturated carbocycles. The number of aliphatic carboxylic acids is 1. The standard InChI is InChI=1S/C5H8O5S.Na/c1-2-3-4(5(6)7)11(8,9)10;/h3H,2H2,1H3,(H,6,7)(H,8,9,10);/q;+1/p-1/b4-3+;. The Balaban J connectivity index is 0. The van der Waals surface area contributed by atoms with Crippen LogP contribution in [0.3, 0.4) is 0 Å². The molecule has 0 aromatic carbocycles. The topological polar surface area (TPSA) is 94.5 Å². The molecule has 0 aromatic heterocycles. The summed E-state index contributed by atoms with van der Waals surface area (Å²) in [5.41, 5.74) is 0. The summed E-state index contributed by atoms with van der Waals surface area (Å²) < 4.78 is 28.7. The molecule has 0 aliphatic carbocycles. The molecule has 0 atom stereocenters. The molecule has 0 heterocycles. The van der Waals surface area contributed by atoms with Crippen molar-refractivity contribution in [1.82, 2.24) is 0 Å². The number of allylic oxidation sites excluding steroid dienone is 1. The molecule has 0 spiro atoms. The Morgan fingerprint density at radius 3 is 2.08 bits per heavy atom. The summed E-state index contributed by atoms with van der Waals surface area (Å²) in [5.74, 6) is -1.89. The van der Waals surface area contributed by atoms with Gasteiger partial charge in [-0.3, -0.25) is 4.55 Å². The average Bonchev–Trinajstić information content (AvgIpc) is 1.79. The molecule has 0 fully saturated rings. The van der Waals surface area contributed by atoms with Crippen molar-refractivity contribution in [1.29, 1.82) is 0 Å². The molecule has 0 radical (unpaired) electrons. The first-order valence-corrected chi connectivity index (χ1v) is 4.22. The van der Waals surface area contributed by atoms with Gasteiger partial charge in [-0.15, -0.1) is 0 Å². The summed E-state index contributed by atoms with van der Waals surface area (Å²) in [4.78, 5) is 8.93. The average molecular weight is 202 g/mol. The fourth-order valence-corrected chi connectivity index (χ4v) is 1.07. The van der Waals surface area contributed by atoms with Gasteiger partial charge in [-0.1, -0.05) is 13.0 Å². The van der Waals surface area contributed by atoms with Gasteiger partial charge in [0.05, 0.1) is 5.97 Å². The zero-order chi connectivity index (χ0) is 9.07.